The van der Waals surface area contributed by atoms with Gasteiger partial charge >= 0.3 is 0 Å². The number of benzene rings is 1. The second-order valence-electron chi connectivity index (χ2n) is 5.68. The van der Waals surface area contributed by atoms with E-state index in [0.717, 1.165) is 48.7 Å². The Balaban J connectivity index is 1.79. The van der Waals surface area contributed by atoms with Crippen molar-refractivity contribution in [1.29, 1.82) is 0 Å². The molecule has 0 saturated carbocycles. The maximum atomic E-state index is 12.5. The van der Waals surface area contributed by atoms with E-state index in [1.54, 1.807) is 0 Å². The molecule has 1 aromatic rings. The van der Waals surface area contributed by atoms with Crippen molar-refractivity contribution in [3.05, 3.63) is 23.3 Å². The molecule has 0 aliphatic carbocycles. The standard InChI is InChI=1S/C15H20N4O/c1-10-7-12(16)8-11-9-13(17-14(10)11)15(20)19-5-3-18(2)4-6-19/h7-8H,3-6,9,16H2,1-2H3. The summed E-state index contributed by atoms with van der Waals surface area (Å²) in [5, 5.41) is 0. The Bertz CT molecular complexity index is 586. The van der Waals surface area contributed by atoms with E-state index in [1.165, 1.54) is 0 Å². The van der Waals surface area contributed by atoms with Crippen LogP contribution in [0.15, 0.2) is 17.1 Å². The van der Waals surface area contributed by atoms with Gasteiger partial charge in [-0.2, -0.15) is 0 Å². The van der Waals surface area contributed by atoms with Crippen LogP contribution in [0, 0.1) is 6.92 Å². The molecule has 1 amide bonds. The van der Waals surface area contributed by atoms with Gasteiger partial charge in [-0.05, 0) is 37.2 Å². The number of aliphatic imine (C=N–C) groups is 1. The number of nitrogens with zero attached hydrogens (tertiary/aromatic N) is 3. The quantitative estimate of drug-likeness (QED) is 0.775. The first kappa shape index (κ1) is 13.1. The minimum absolute atomic E-state index is 0.0762. The van der Waals surface area contributed by atoms with E-state index in [1.807, 2.05) is 24.0 Å². The molecule has 5 heteroatoms. The molecule has 106 valence electrons. The van der Waals surface area contributed by atoms with E-state index in [9.17, 15) is 4.79 Å². The van der Waals surface area contributed by atoms with Crippen LogP contribution in [0.25, 0.3) is 0 Å². The van der Waals surface area contributed by atoms with Crippen molar-refractivity contribution in [2.24, 2.45) is 4.99 Å². The Morgan fingerprint density at radius 3 is 2.65 bits per heavy atom. The molecule has 2 N–H and O–H groups in total. The first-order chi connectivity index (χ1) is 9.54. The van der Waals surface area contributed by atoms with Gasteiger partial charge in [0, 0.05) is 38.3 Å². The zero-order chi connectivity index (χ0) is 14.3. The topological polar surface area (TPSA) is 61.9 Å². The van der Waals surface area contributed by atoms with E-state index in [-0.39, 0.29) is 5.91 Å². The van der Waals surface area contributed by atoms with Crippen molar-refractivity contribution in [2.45, 2.75) is 13.3 Å². The fraction of sp³-hybridized carbons (Fsp3) is 0.467. The van der Waals surface area contributed by atoms with Gasteiger partial charge in [-0.15, -0.1) is 0 Å². The minimum atomic E-state index is 0.0762. The highest BCUT2D eigenvalue weighted by atomic mass is 16.2. The molecule has 5 nitrogen and oxygen atoms in total. The molecule has 0 unspecified atom stereocenters. The normalized spacial score (nSPS) is 18.9. The van der Waals surface area contributed by atoms with Gasteiger partial charge < -0.3 is 15.5 Å². The van der Waals surface area contributed by atoms with Gasteiger partial charge in [-0.3, -0.25) is 4.79 Å². The number of rotatable bonds is 1. The van der Waals surface area contributed by atoms with Crippen LogP contribution in [0.1, 0.15) is 11.1 Å². The maximum Gasteiger partial charge on any atom is 0.268 e. The summed E-state index contributed by atoms with van der Waals surface area (Å²) in [7, 11) is 2.08. The predicted octanol–water partition coefficient (Wildman–Crippen LogP) is 0.980. The van der Waals surface area contributed by atoms with Crippen LogP contribution >= 0.6 is 0 Å². The monoisotopic (exact) mass is 272 g/mol. The first-order valence-corrected chi connectivity index (χ1v) is 6.99. The minimum Gasteiger partial charge on any atom is -0.399 e. The molecule has 0 radical (unpaired) electrons. The third-order valence-electron chi connectivity index (χ3n) is 4.04. The van der Waals surface area contributed by atoms with Gasteiger partial charge in [0.1, 0.15) is 5.71 Å². The Hall–Kier alpha value is -1.88. The van der Waals surface area contributed by atoms with E-state index >= 15 is 0 Å². The van der Waals surface area contributed by atoms with Gasteiger partial charge in [0.2, 0.25) is 0 Å². The number of fused-ring (bicyclic) bond motifs is 1. The fourth-order valence-corrected chi connectivity index (χ4v) is 2.85. The number of piperazine rings is 1. The molecule has 20 heavy (non-hydrogen) atoms. The fourth-order valence-electron chi connectivity index (χ4n) is 2.85. The van der Waals surface area contributed by atoms with E-state index in [2.05, 4.69) is 16.9 Å². The lowest BCUT2D eigenvalue weighted by Gasteiger charge is -2.32. The first-order valence-electron chi connectivity index (χ1n) is 6.99. The number of aryl methyl sites for hydroxylation is 1. The van der Waals surface area contributed by atoms with Gasteiger partial charge in [-0.1, -0.05) is 0 Å². The molecule has 1 saturated heterocycles. The molecule has 0 aromatic heterocycles. The number of carbonyl (C=O) groups excluding carboxylic acids is 1. The SMILES string of the molecule is Cc1cc(N)cc2c1N=C(C(=O)N1CCN(C)CC1)C2. The van der Waals surface area contributed by atoms with Crippen molar-refractivity contribution in [3.8, 4) is 0 Å². The Morgan fingerprint density at radius 1 is 1.25 bits per heavy atom. The number of hydrogen-bond acceptors (Lipinski definition) is 4. The molecule has 1 fully saturated rings. The molecule has 0 spiro atoms. The third-order valence-corrected chi connectivity index (χ3v) is 4.04. The van der Waals surface area contributed by atoms with Crippen molar-refractivity contribution in [3.63, 3.8) is 0 Å². The number of nitrogen functional groups attached to an aromatic ring is 1. The molecule has 0 atom stereocenters. The highest BCUT2D eigenvalue weighted by Gasteiger charge is 2.27. The molecule has 2 aliphatic heterocycles. The number of anilines is 1. The molecule has 0 bridgehead atoms. The number of carbonyl (C=O) groups is 1. The maximum absolute atomic E-state index is 12.5. The summed E-state index contributed by atoms with van der Waals surface area (Å²) in [5.74, 6) is 0.0762. The van der Waals surface area contributed by atoms with E-state index in [0.29, 0.717) is 12.1 Å². The van der Waals surface area contributed by atoms with Crippen LogP contribution in [0.5, 0.6) is 0 Å². The predicted molar refractivity (Wildman–Crippen MR) is 80.5 cm³/mol. The number of hydrogen-bond donors (Lipinski definition) is 1. The van der Waals surface area contributed by atoms with Crippen molar-refractivity contribution < 1.29 is 4.79 Å². The van der Waals surface area contributed by atoms with E-state index in [4.69, 9.17) is 5.73 Å². The Kier molecular flexibility index (Phi) is 3.22. The third kappa shape index (κ3) is 2.29. The van der Waals surface area contributed by atoms with Crippen LogP contribution in [-0.4, -0.2) is 54.6 Å². The number of likely N-dealkylation sites (N-methyl/N-ethyl adjacent to an activating group) is 1. The largest absolute Gasteiger partial charge is 0.399 e. The second-order valence-corrected chi connectivity index (χ2v) is 5.68. The van der Waals surface area contributed by atoms with Gasteiger partial charge in [0.25, 0.3) is 5.91 Å². The van der Waals surface area contributed by atoms with Crippen molar-refractivity contribution >= 4 is 23.0 Å². The Morgan fingerprint density at radius 2 is 1.95 bits per heavy atom. The lowest BCUT2D eigenvalue weighted by Crippen LogP contribution is -2.49. The highest BCUT2D eigenvalue weighted by Crippen LogP contribution is 2.32. The van der Waals surface area contributed by atoms with Crippen LogP contribution in [0.4, 0.5) is 11.4 Å². The lowest BCUT2D eigenvalue weighted by atomic mass is 10.0. The van der Waals surface area contributed by atoms with Gasteiger partial charge in [0.05, 0.1) is 5.69 Å². The molecular formula is C15H20N4O. The number of amides is 1. The summed E-state index contributed by atoms with van der Waals surface area (Å²) >= 11 is 0. The summed E-state index contributed by atoms with van der Waals surface area (Å²) in [4.78, 5) is 21.2. The zero-order valence-corrected chi connectivity index (χ0v) is 12.0. The molecule has 3 rings (SSSR count). The van der Waals surface area contributed by atoms with Crippen LogP contribution in [0.3, 0.4) is 0 Å². The van der Waals surface area contributed by atoms with Crippen LogP contribution in [0.2, 0.25) is 0 Å². The van der Waals surface area contributed by atoms with Crippen molar-refractivity contribution in [1.82, 2.24) is 9.80 Å². The van der Waals surface area contributed by atoms with Crippen LogP contribution in [-0.2, 0) is 11.2 Å². The second kappa shape index (κ2) is 4.90. The summed E-state index contributed by atoms with van der Waals surface area (Å²) in [6.45, 7) is 5.41. The summed E-state index contributed by atoms with van der Waals surface area (Å²) < 4.78 is 0. The lowest BCUT2D eigenvalue weighted by molar-refractivity contribution is -0.125. The van der Waals surface area contributed by atoms with Gasteiger partial charge in [-0.25, -0.2) is 4.99 Å². The molecule has 1 aromatic carbocycles. The van der Waals surface area contributed by atoms with Gasteiger partial charge in [0.15, 0.2) is 0 Å². The Labute approximate surface area is 119 Å². The van der Waals surface area contributed by atoms with Crippen molar-refractivity contribution in [2.75, 3.05) is 39.0 Å². The van der Waals surface area contributed by atoms with Crippen LogP contribution < -0.4 is 5.73 Å². The average molecular weight is 272 g/mol. The zero-order valence-electron chi connectivity index (χ0n) is 12.0. The summed E-state index contributed by atoms with van der Waals surface area (Å²) in [5.41, 5.74) is 10.3. The molecule has 2 heterocycles. The summed E-state index contributed by atoms with van der Waals surface area (Å²) in [6.07, 6.45) is 0.604. The number of nitrogens with two attached hydrogens (primary N) is 1. The molecular weight excluding hydrogens is 252 g/mol. The van der Waals surface area contributed by atoms with E-state index < -0.39 is 0 Å². The highest BCUT2D eigenvalue weighted by molar-refractivity contribution is 6.40. The average Bonchev–Trinajstić information content (AvgIpc) is 2.83. The molecule has 2 aliphatic rings. The summed E-state index contributed by atoms with van der Waals surface area (Å²) in [6, 6.07) is 3.84. The smallest absolute Gasteiger partial charge is 0.268 e.